The monoisotopic (exact) mass is 472 g/mol. The summed E-state index contributed by atoms with van der Waals surface area (Å²) in [5.41, 5.74) is 3.56. The lowest BCUT2D eigenvalue weighted by atomic mass is 10.0. The van der Waals surface area contributed by atoms with E-state index in [0.29, 0.717) is 24.4 Å². The van der Waals surface area contributed by atoms with Gasteiger partial charge in [0.05, 0.1) is 26.1 Å². The van der Waals surface area contributed by atoms with Crippen molar-refractivity contribution in [2.45, 2.75) is 51.8 Å². The molecule has 182 valence electrons. The Hall–Kier alpha value is -3.80. The summed E-state index contributed by atoms with van der Waals surface area (Å²) in [5, 5.41) is 2.99. The number of hydrogen-bond acceptors (Lipinski definition) is 4. The van der Waals surface area contributed by atoms with Gasteiger partial charge in [0.2, 0.25) is 5.91 Å². The van der Waals surface area contributed by atoms with Crippen LogP contribution in [0.2, 0.25) is 0 Å². The van der Waals surface area contributed by atoms with Crippen LogP contribution in [0.5, 0.6) is 11.5 Å². The second kappa shape index (κ2) is 11.1. The highest BCUT2D eigenvalue weighted by atomic mass is 16.5. The number of rotatable bonds is 8. The molecule has 0 aromatic heterocycles. The molecule has 2 atom stereocenters. The van der Waals surface area contributed by atoms with E-state index in [1.165, 1.54) is 0 Å². The first-order chi connectivity index (χ1) is 17.0. The SMILES string of the molecule is CC[C@H]1Oc2ccc(NC(=O)Cc3ccc(OC)cc3)cc2CN([C@@H](CC)c2ccccc2)C1=O. The summed E-state index contributed by atoms with van der Waals surface area (Å²) in [6, 6.07) is 23.1. The highest BCUT2D eigenvalue weighted by Crippen LogP contribution is 2.34. The molecule has 0 bridgehead atoms. The topological polar surface area (TPSA) is 67.9 Å². The summed E-state index contributed by atoms with van der Waals surface area (Å²) in [7, 11) is 1.61. The van der Waals surface area contributed by atoms with Gasteiger partial charge in [-0.15, -0.1) is 0 Å². The van der Waals surface area contributed by atoms with Crippen molar-refractivity contribution < 1.29 is 19.1 Å². The van der Waals surface area contributed by atoms with E-state index < -0.39 is 6.10 Å². The van der Waals surface area contributed by atoms with Crippen molar-refractivity contribution in [1.29, 1.82) is 0 Å². The smallest absolute Gasteiger partial charge is 0.264 e. The fourth-order valence-electron chi connectivity index (χ4n) is 4.51. The van der Waals surface area contributed by atoms with Crippen LogP contribution in [0.4, 0.5) is 5.69 Å². The van der Waals surface area contributed by atoms with Crippen LogP contribution in [-0.2, 0) is 22.6 Å². The number of ether oxygens (including phenoxy) is 2. The summed E-state index contributed by atoms with van der Waals surface area (Å²) in [5.74, 6) is 1.32. The van der Waals surface area contributed by atoms with Crippen LogP contribution in [0.3, 0.4) is 0 Å². The van der Waals surface area contributed by atoms with Crippen molar-refractivity contribution >= 4 is 17.5 Å². The van der Waals surface area contributed by atoms with E-state index >= 15 is 0 Å². The van der Waals surface area contributed by atoms with Crippen LogP contribution < -0.4 is 14.8 Å². The molecule has 0 unspecified atom stereocenters. The third-order valence-electron chi connectivity index (χ3n) is 6.35. The van der Waals surface area contributed by atoms with Crippen molar-refractivity contribution in [2.75, 3.05) is 12.4 Å². The quantitative estimate of drug-likeness (QED) is 0.468. The lowest BCUT2D eigenvalue weighted by Gasteiger charge is -2.32. The number of methoxy groups -OCH3 is 1. The molecular formula is C29H32N2O4. The molecule has 1 N–H and O–H groups in total. The van der Waals surface area contributed by atoms with Crippen LogP contribution in [0.1, 0.15) is 49.4 Å². The molecule has 4 rings (SSSR count). The fourth-order valence-corrected chi connectivity index (χ4v) is 4.51. The van der Waals surface area contributed by atoms with Gasteiger partial charge >= 0.3 is 0 Å². The molecule has 1 heterocycles. The van der Waals surface area contributed by atoms with Gasteiger partial charge in [0.25, 0.3) is 5.91 Å². The van der Waals surface area contributed by atoms with Crippen molar-refractivity contribution in [3.05, 3.63) is 89.5 Å². The van der Waals surface area contributed by atoms with Crippen molar-refractivity contribution in [3.8, 4) is 11.5 Å². The molecule has 2 amide bonds. The van der Waals surface area contributed by atoms with Gasteiger partial charge in [-0.05, 0) is 54.3 Å². The Labute approximate surface area is 206 Å². The number of amides is 2. The molecular weight excluding hydrogens is 440 g/mol. The maximum Gasteiger partial charge on any atom is 0.264 e. The number of carbonyl (C=O) groups is 2. The summed E-state index contributed by atoms with van der Waals surface area (Å²) in [6.07, 6.45) is 1.09. The van der Waals surface area contributed by atoms with E-state index in [2.05, 4.69) is 24.4 Å². The Morgan fingerprint density at radius 2 is 1.83 bits per heavy atom. The van der Waals surface area contributed by atoms with E-state index in [0.717, 1.165) is 28.9 Å². The van der Waals surface area contributed by atoms with Gasteiger partial charge in [0.1, 0.15) is 11.5 Å². The Balaban J connectivity index is 1.56. The fraction of sp³-hybridized carbons (Fsp3) is 0.310. The summed E-state index contributed by atoms with van der Waals surface area (Å²) in [4.78, 5) is 28.1. The van der Waals surface area contributed by atoms with Gasteiger partial charge in [-0.3, -0.25) is 9.59 Å². The minimum atomic E-state index is -0.537. The van der Waals surface area contributed by atoms with E-state index in [1.807, 2.05) is 72.5 Å². The standard InChI is InChI=1S/C29H32N2O4/c1-4-25(21-9-7-6-8-10-21)31-19-22-18-23(13-16-27(22)35-26(5-2)29(31)33)30-28(32)17-20-11-14-24(34-3)15-12-20/h6-16,18,25-26H,4-5,17,19H2,1-3H3,(H,30,32)/t25-,26+/m0/s1. The molecule has 0 saturated heterocycles. The number of nitrogens with one attached hydrogen (secondary N) is 1. The molecule has 1 aliphatic heterocycles. The van der Waals surface area contributed by atoms with Crippen LogP contribution in [-0.4, -0.2) is 29.9 Å². The average Bonchev–Trinajstić information content (AvgIpc) is 3.01. The molecule has 0 spiro atoms. The van der Waals surface area contributed by atoms with Crippen LogP contribution in [0.15, 0.2) is 72.8 Å². The van der Waals surface area contributed by atoms with Gasteiger partial charge in [-0.25, -0.2) is 0 Å². The maximum absolute atomic E-state index is 13.5. The zero-order chi connectivity index (χ0) is 24.8. The number of carbonyl (C=O) groups excluding carboxylic acids is 2. The van der Waals surface area contributed by atoms with Gasteiger partial charge in [0.15, 0.2) is 6.10 Å². The maximum atomic E-state index is 13.5. The zero-order valence-electron chi connectivity index (χ0n) is 20.5. The molecule has 6 heteroatoms. The van der Waals surface area contributed by atoms with E-state index in [9.17, 15) is 9.59 Å². The highest BCUT2D eigenvalue weighted by molar-refractivity contribution is 5.92. The van der Waals surface area contributed by atoms with Crippen molar-refractivity contribution in [1.82, 2.24) is 4.90 Å². The second-order valence-corrected chi connectivity index (χ2v) is 8.71. The summed E-state index contributed by atoms with van der Waals surface area (Å²) >= 11 is 0. The zero-order valence-corrected chi connectivity index (χ0v) is 20.5. The molecule has 0 radical (unpaired) electrons. The molecule has 3 aromatic carbocycles. The molecule has 1 aliphatic rings. The van der Waals surface area contributed by atoms with Crippen LogP contribution in [0.25, 0.3) is 0 Å². The van der Waals surface area contributed by atoms with E-state index in [1.54, 1.807) is 7.11 Å². The number of nitrogens with zero attached hydrogens (tertiary/aromatic N) is 1. The van der Waals surface area contributed by atoms with Gasteiger partial charge in [0, 0.05) is 11.3 Å². The third kappa shape index (κ3) is 5.65. The van der Waals surface area contributed by atoms with E-state index in [-0.39, 0.29) is 24.3 Å². The number of anilines is 1. The van der Waals surface area contributed by atoms with Crippen molar-refractivity contribution in [3.63, 3.8) is 0 Å². The lowest BCUT2D eigenvalue weighted by molar-refractivity contribution is -0.141. The Kier molecular flexibility index (Phi) is 7.70. The van der Waals surface area contributed by atoms with Gasteiger partial charge < -0.3 is 19.7 Å². The van der Waals surface area contributed by atoms with Crippen molar-refractivity contribution in [2.24, 2.45) is 0 Å². The number of hydrogen-bond donors (Lipinski definition) is 1. The van der Waals surface area contributed by atoms with Gasteiger partial charge in [-0.2, -0.15) is 0 Å². The minimum absolute atomic E-state index is 0.00973. The minimum Gasteiger partial charge on any atom is -0.497 e. The second-order valence-electron chi connectivity index (χ2n) is 8.71. The predicted molar refractivity (Wildman–Crippen MR) is 137 cm³/mol. The molecule has 0 fully saturated rings. The first-order valence-corrected chi connectivity index (χ1v) is 12.1. The lowest BCUT2D eigenvalue weighted by Crippen LogP contribution is -2.41. The molecule has 3 aromatic rings. The Morgan fingerprint density at radius 3 is 2.49 bits per heavy atom. The Morgan fingerprint density at radius 1 is 1.09 bits per heavy atom. The van der Waals surface area contributed by atoms with Crippen LogP contribution in [0, 0.1) is 0 Å². The van der Waals surface area contributed by atoms with Gasteiger partial charge in [-0.1, -0.05) is 56.3 Å². The molecule has 35 heavy (non-hydrogen) atoms. The predicted octanol–water partition coefficient (Wildman–Crippen LogP) is 5.53. The molecule has 0 saturated carbocycles. The molecule has 6 nitrogen and oxygen atoms in total. The summed E-state index contributed by atoms with van der Waals surface area (Å²) in [6.45, 7) is 4.47. The number of benzene rings is 3. The number of fused-ring (bicyclic) bond motifs is 1. The first kappa shape index (κ1) is 24.3. The Bertz CT molecular complexity index is 1160. The average molecular weight is 473 g/mol. The largest absolute Gasteiger partial charge is 0.497 e. The molecule has 0 aliphatic carbocycles. The normalized spacial score (nSPS) is 16.0. The highest BCUT2D eigenvalue weighted by Gasteiger charge is 2.34. The van der Waals surface area contributed by atoms with Crippen LogP contribution >= 0.6 is 0 Å². The summed E-state index contributed by atoms with van der Waals surface area (Å²) < 4.78 is 11.3. The third-order valence-corrected chi connectivity index (χ3v) is 6.35. The van der Waals surface area contributed by atoms with E-state index in [4.69, 9.17) is 9.47 Å². The first-order valence-electron chi connectivity index (χ1n) is 12.1.